The Morgan fingerprint density at radius 2 is 1.25 bits per heavy atom. The highest BCUT2D eigenvalue weighted by molar-refractivity contribution is 5.69. The molecular formula is C28H52O4. The maximum absolute atomic E-state index is 11.8. The van der Waals surface area contributed by atoms with Crippen LogP contribution in [-0.4, -0.2) is 38.5 Å². The van der Waals surface area contributed by atoms with Crippen molar-refractivity contribution < 1.29 is 19.0 Å². The first-order chi connectivity index (χ1) is 15.8. The molecule has 4 nitrogen and oxygen atoms in total. The largest absolute Gasteiger partial charge is 0.463 e. The van der Waals surface area contributed by atoms with Gasteiger partial charge in [0.2, 0.25) is 0 Å². The number of carbonyl (C=O) groups is 1. The van der Waals surface area contributed by atoms with E-state index in [0.29, 0.717) is 39.0 Å². The lowest BCUT2D eigenvalue weighted by Crippen LogP contribution is -2.28. The molecule has 0 amide bonds. The van der Waals surface area contributed by atoms with Crippen molar-refractivity contribution >= 4 is 5.97 Å². The molecule has 0 unspecified atom stereocenters. The second-order valence-corrected chi connectivity index (χ2v) is 10.2. The molecule has 0 bridgehead atoms. The van der Waals surface area contributed by atoms with Crippen molar-refractivity contribution in [3.05, 3.63) is 0 Å². The van der Waals surface area contributed by atoms with Crippen LogP contribution in [0.25, 0.3) is 0 Å². The van der Waals surface area contributed by atoms with E-state index in [9.17, 15) is 4.79 Å². The first-order valence-electron chi connectivity index (χ1n) is 14.1. The minimum atomic E-state index is -0.0810. The fourth-order valence-electron chi connectivity index (χ4n) is 5.57. The smallest absolute Gasteiger partial charge is 0.305 e. The van der Waals surface area contributed by atoms with E-state index in [-0.39, 0.29) is 5.97 Å². The zero-order valence-corrected chi connectivity index (χ0v) is 21.1. The summed E-state index contributed by atoms with van der Waals surface area (Å²) in [6, 6.07) is 0. The van der Waals surface area contributed by atoms with Crippen molar-refractivity contribution in [2.75, 3.05) is 26.4 Å². The third-order valence-electron chi connectivity index (χ3n) is 7.59. The van der Waals surface area contributed by atoms with Crippen molar-refractivity contribution in [1.29, 1.82) is 0 Å². The maximum atomic E-state index is 11.8. The Bertz CT molecular complexity index is 439. The molecule has 0 N–H and O–H groups in total. The molecule has 0 spiro atoms. The SMILES string of the molecule is CCCCCCCCCCCC(=O)OCCOCCOC1CCC(C2CCCCC2)CC1. The van der Waals surface area contributed by atoms with Gasteiger partial charge in [0, 0.05) is 6.42 Å². The number of hydrogen-bond donors (Lipinski definition) is 0. The highest BCUT2D eigenvalue weighted by atomic mass is 16.6. The number of esters is 1. The molecule has 0 radical (unpaired) electrons. The molecule has 0 aromatic heterocycles. The molecule has 0 atom stereocenters. The van der Waals surface area contributed by atoms with Crippen LogP contribution < -0.4 is 0 Å². The van der Waals surface area contributed by atoms with Crippen molar-refractivity contribution in [2.45, 2.75) is 135 Å². The minimum absolute atomic E-state index is 0.0810. The maximum Gasteiger partial charge on any atom is 0.305 e. The molecule has 0 heterocycles. The van der Waals surface area contributed by atoms with Gasteiger partial charge in [-0.1, -0.05) is 90.4 Å². The summed E-state index contributed by atoms with van der Waals surface area (Å²) in [7, 11) is 0. The van der Waals surface area contributed by atoms with Crippen molar-refractivity contribution in [3.63, 3.8) is 0 Å². The second-order valence-electron chi connectivity index (χ2n) is 10.2. The van der Waals surface area contributed by atoms with E-state index >= 15 is 0 Å². The molecule has 0 aromatic carbocycles. The monoisotopic (exact) mass is 452 g/mol. The molecule has 2 rings (SSSR count). The summed E-state index contributed by atoms with van der Waals surface area (Å²) in [4.78, 5) is 11.8. The molecule has 2 aliphatic rings. The Morgan fingerprint density at radius 1 is 0.656 bits per heavy atom. The molecular weight excluding hydrogens is 400 g/mol. The standard InChI is InChI=1S/C28H52O4/c1-2-3-4-5-6-7-8-9-13-16-28(29)32-24-22-30-21-23-31-27-19-17-26(18-20-27)25-14-11-10-12-15-25/h25-27H,2-24H2,1H3. The number of hydrogen-bond acceptors (Lipinski definition) is 4. The van der Waals surface area contributed by atoms with Gasteiger partial charge in [-0.3, -0.25) is 4.79 Å². The highest BCUT2D eigenvalue weighted by Crippen LogP contribution is 2.38. The van der Waals surface area contributed by atoms with Gasteiger partial charge in [0.1, 0.15) is 6.61 Å². The van der Waals surface area contributed by atoms with E-state index in [0.717, 1.165) is 24.7 Å². The lowest BCUT2D eigenvalue weighted by atomic mass is 9.73. The Balaban J connectivity index is 1.31. The summed E-state index contributed by atoms with van der Waals surface area (Å²) in [5, 5.41) is 0. The molecule has 188 valence electrons. The van der Waals surface area contributed by atoms with Crippen molar-refractivity contribution in [2.24, 2.45) is 11.8 Å². The Labute approximate surface area is 198 Å². The summed E-state index contributed by atoms with van der Waals surface area (Å²) >= 11 is 0. The number of unbranched alkanes of at least 4 members (excludes halogenated alkanes) is 8. The molecule has 32 heavy (non-hydrogen) atoms. The van der Waals surface area contributed by atoms with Crippen LogP contribution in [0.2, 0.25) is 0 Å². The summed E-state index contributed by atoms with van der Waals surface area (Å²) in [6.45, 7) is 4.34. The zero-order chi connectivity index (χ0) is 22.7. The Morgan fingerprint density at radius 3 is 1.94 bits per heavy atom. The number of rotatable bonds is 18. The van der Waals surface area contributed by atoms with Crippen LogP contribution in [-0.2, 0) is 19.0 Å². The van der Waals surface area contributed by atoms with E-state index in [1.165, 1.54) is 103 Å². The lowest BCUT2D eigenvalue weighted by Gasteiger charge is -2.35. The van der Waals surface area contributed by atoms with Gasteiger partial charge in [0.15, 0.2) is 0 Å². The molecule has 0 aliphatic heterocycles. The van der Waals surface area contributed by atoms with Crippen molar-refractivity contribution in [1.82, 2.24) is 0 Å². The summed E-state index contributed by atoms with van der Waals surface area (Å²) in [6.07, 6.45) is 24.8. The summed E-state index contributed by atoms with van der Waals surface area (Å²) < 4.78 is 16.9. The van der Waals surface area contributed by atoms with E-state index in [1.807, 2.05) is 0 Å². The zero-order valence-electron chi connectivity index (χ0n) is 21.1. The third-order valence-corrected chi connectivity index (χ3v) is 7.59. The van der Waals surface area contributed by atoms with Crippen molar-refractivity contribution in [3.8, 4) is 0 Å². The quantitative estimate of drug-likeness (QED) is 0.158. The van der Waals surface area contributed by atoms with Gasteiger partial charge < -0.3 is 14.2 Å². The predicted molar refractivity (Wildman–Crippen MR) is 132 cm³/mol. The van der Waals surface area contributed by atoms with E-state index in [4.69, 9.17) is 14.2 Å². The average Bonchev–Trinajstić information content (AvgIpc) is 2.83. The fourth-order valence-corrected chi connectivity index (χ4v) is 5.57. The Hall–Kier alpha value is -0.610. The van der Waals surface area contributed by atoms with Gasteiger partial charge >= 0.3 is 5.97 Å². The number of carbonyl (C=O) groups excluding carboxylic acids is 1. The van der Waals surface area contributed by atoms with Crippen LogP contribution in [0, 0.1) is 11.8 Å². The van der Waals surface area contributed by atoms with E-state index < -0.39 is 0 Å². The van der Waals surface area contributed by atoms with Crippen LogP contribution in [0.1, 0.15) is 129 Å². The second kappa shape index (κ2) is 18.8. The van der Waals surface area contributed by atoms with Crippen LogP contribution in [0.5, 0.6) is 0 Å². The highest BCUT2D eigenvalue weighted by Gasteiger charge is 2.28. The molecule has 4 heteroatoms. The van der Waals surface area contributed by atoms with Crippen LogP contribution in [0.4, 0.5) is 0 Å². The van der Waals surface area contributed by atoms with Gasteiger partial charge in [-0.2, -0.15) is 0 Å². The average molecular weight is 453 g/mol. The summed E-state index contributed by atoms with van der Waals surface area (Å²) in [5.74, 6) is 1.87. The molecule has 2 aliphatic carbocycles. The minimum Gasteiger partial charge on any atom is -0.463 e. The molecule has 0 saturated heterocycles. The predicted octanol–water partition coefficient (Wildman–Crippen LogP) is 7.62. The van der Waals surface area contributed by atoms with Gasteiger partial charge in [-0.05, 0) is 43.9 Å². The fraction of sp³-hybridized carbons (Fsp3) is 0.964. The van der Waals surface area contributed by atoms with Crippen LogP contribution in [0.3, 0.4) is 0 Å². The normalized spacial score (nSPS) is 22.2. The molecule has 2 fully saturated rings. The first-order valence-corrected chi connectivity index (χ1v) is 14.1. The van der Waals surface area contributed by atoms with E-state index in [1.54, 1.807) is 0 Å². The first kappa shape index (κ1) is 27.6. The Kier molecular flexibility index (Phi) is 16.2. The molecule has 0 aromatic rings. The van der Waals surface area contributed by atoms with Gasteiger partial charge in [0.25, 0.3) is 0 Å². The molecule has 2 saturated carbocycles. The van der Waals surface area contributed by atoms with E-state index in [2.05, 4.69) is 6.92 Å². The third kappa shape index (κ3) is 13.2. The van der Waals surface area contributed by atoms with Gasteiger partial charge in [-0.25, -0.2) is 0 Å². The topological polar surface area (TPSA) is 44.8 Å². The van der Waals surface area contributed by atoms with Gasteiger partial charge in [0.05, 0.1) is 25.9 Å². The van der Waals surface area contributed by atoms with Crippen LogP contribution >= 0.6 is 0 Å². The summed E-state index contributed by atoms with van der Waals surface area (Å²) in [5.41, 5.74) is 0. The van der Waals surface area contributed by atoms with Gasteiger partial charge in [-0.15, -0.1) is 0 Å². The van der Waals surface area contributed by atoms with Crippen LogP contribution in [0.15, 0.2) is 0 Å². The lowest BCUT2D eigenvalue weighted by molar-refractivity contribution is -0.145. The number of ether oxygens (including phenoxy) is 3.